The molecule has 0 aliphatic carbocycles. The molecule has 0 saturated carbocycles. The normalized spacial score (nSPS) is 13.4. The first-order valence-corrected chi connectivity index (χ1v) is 7.24. The van der Waals surface area contributed by atoms with Crippen molar-refractivity contribution in [2.45, 2.75) is 6.92 Å². The maximum absolute atomic E-state index is 11.6. The van der Waals surface area contributed by atoms with Crippen molar-refractivity contribution >= 4 is 31.6 Å². The van der Waals surface area contributed by atoms with Gasteiger partial charge in [-0.05, 0) is 24.1 Å². The van der Waals surface area contributed by atoms with Gasteiger partial charge in [-0.15, -0.1) is 0 Å². The average Bonchev–Trinajstić information content (AvgIpc) is 2.15. The van der Waals surface area contributed by atoms with Crippen LogP contribution in [0, 0.1) is 5.92 Å². The molecule has 6 heteroatoms. The first-order valence-electron chi connectivity index (χ1n) is 4.80. The van der Waals surface area contributed by atoms with Crippen LogP contribution >= 0.6 is 15.9 Å². The van der Waals surface area contributed by atoms with E-state index in [0.717, 1.165) is 4.47 Å². The highest BCUT2D eigenvalue weighted by Gasteiger charge is 2.15. The second-order valence-electron chi connectivity index (χ2n) is 3.68. The first-order chi connectivity index (χ1) is 7.43. The molecule has 0 aliphatic heterocycles. The first kappa shape index (κ1) is 13.5. The number of hydrogen-bond acceptors (Lipinski definition) is 3. The molecule has 0 spiro atoms. The van der Waals surface area contributed by atoms with E-state index in [4.69, 9.17) is 5.11 Å². The van der Waals surface area contributed by atoms with Crippen molar-refractivity contribution in [1.82, 2.24) is 0 Å². The highest BCUT2D eigenvalue weighted by molar-refractivity contribution is 9.10. The van der Waals surface area contributed by atoms with Crippen molar-refractivity contribution in [1.29, 1.82) is 0 Å². The van der Waals surface area contributed by atoms with Crippen molar-refractivity contribution < 1.29 is 13.5 Å². The fourth-order valence-corrected chi connectivity index (χ4v) is 3.02. The van der Waals surface area contributed by atoms with Crippen LogP contribution in [0.1, 0.15) is 6.92 Å². The molecule has 2 N–H and O–H groups in total. The van der Waals surface area contributed by atoms with Crippen molar-refractivity contribution in [2.24, 2.45) is 5.92 Å². The number of aliphatic hydroxyl groups is 1. The van der Waals surface area contributed by atoms with Crippen molar-refractivity contribution in [3.8, 4) is 0 Å². The van der Waals surface area contributed by atoms with Gasteiger partial charge < -0.3 is 5.11 Å². The van der Waals surface area contributed by atoms with Crippen LogP contribution in [0.15, 0.2) is 28.7 Å². The summed E-state index contributed by atoms with van der Waals surface area (Å²) in [6.07, 6.45) is 0. The van der Waals surface area contributed by atoms with Gasteiger partial charge in [0.15, 0.2) is 0 Å². The second kappa shape index (κ2) is 5.65. The second-order valence-corrected chi connectivity index (χ2v) is 6.36. The molecule has 0 bridgehead atoms. The lowest BCUT2D eigenvalue weighted by Gasteiger charge is -2.11. The van der Waals surface area contributed by atoms with Gasteiger partial charge in [-0.1, -0.05) is 28.9 Å². The molecule has 90 valence electrons. The zero-order valence-corrected chi connectivity index (χ0v) is 11.3. The van der Waals surface area contributed by atoms with E-state index in [2.05, 4.69) is 20.7 Å². The standard InChI is InChI=1S/C10H14BrNO3S/c1-8(6-13)7-16(14,15)12-10-4-2-3-9(11)5-10/h2-5,8,12-13H,6-7H2,1H3. The van der Waals surface area contributed by atoms with E-state index >= 15 is 0 Å². The van der Waals surface area contributed by atoms with Crippen molar-refractivity contribution in [2.75, 3.05) is 17.1 Å². The lowest BCUT2D eigenvalue weighted by atomic mass is 10.2. The van der Waals surface area contributed by atoms with Gasteiger partial charge in [0, 0.05) is 16.8 Å². The summed E-state index contributed by atoms with van der Waals surface area (Å²) in [6, 6.07) is 6.92. The zero-order valence-electron chi connectivity index (χ0n) is 8.85. The Bertz CT molecular complexity index is 447. The molecule has 4 nitrogen and oxygen atoms in total. The molecule has 0 radical (unpaired) electrons. The number of benzene rings is 1. The number of anilines is 1. The topological polar surface area (TPSA) is 66.4 Å². The van der Waals surface area contributed by atoms with E-state index in [-0.39, 0.29) is 18.3 Å². The molecule has 0 fully saturated rings. The summed E-state index contributed by atoms with van der Waals surface area (Å²) in [4.78, 5) is 0. The van der Waals surface area contributed by atoms with Gasteiger partial charge >= 0.3 is 0 Å². The lowest BCUT2D eigenvalue weighted by molar-refractivity contribution is 0.249. The summed E-state index contributed by atoms with van der Waals surface area (Å²) >= 11 is 3.26. The van der Waals surface area contributed by atoms with Gasteiger partial charge in [0.25, 0.3) is 0 Å². The number of nitrogens with one attached hydrogen (secondary N) is 1. The molecule has 1 aromatic rings. The molecule has 1 atom stereocenters. The van der Waals surface area contributed by atoms with Gasteiger partial charge in [0.2, 0.25) is 10.0 Å². The Morgan fingerprint density at radius 1 is 1.50 bits per heavy atom. The number of sulfonamides is 1. The zero-order chi connectivity index (χ0) is 12.2. The average molecular weight is 308 g/mol. The number of aliphatic hydroxyl groups excluding tert-OH is 1. The molecule has 0 heterocycles. The predicted molar refractivity (Wildman–Crippen MR) is 67.8 cm³/mol. The van der Waals surface area contributed by atoms with E-state index in [0.29, 0.717) is 5.69 Å². The molecule has 0 aromatic heterocycles. The third-order valence-electron chi connectivity index (χ3n) is 1.91. The van der Waals surface area contributed by atoms with Gasteiger partial charge in [0.1, 0.15) is 0 Å². The van der Waals surface area contributed by atoms with Crippen LogP contribution in [0.5, 0.6) is 0 Å². The highest BCUT2D eigenvalue weighted by Crippen LogP contribution is 2.17. The fraction of sp³-hybridized carbons (Fsp3) is 0.400. The van der Waals surface area contributed by atoms with E-state index in [9.17, 15) is 8.42 Å². The Balaban J connectivity index is 2.73. The third kappa shape index (κ3) is 4.51. The summed E-state index contributed by atoms with van der Waals surface area (Å²) in [5.41, 5.74) is 0.513. The van der Waals surface area contributed by atoms with Crippen LogP contribution < -0.4 is 4.72 Å². The lowest BCUT2D eigenvalue weighted by Crippen LogP contribution is -2.23. The Labute approximate surface area is 104 Å². The van der Waals surface area contributed by atoms with Gasteiger partial charge in [-0.3, -0.25) is 4.72 Å². The molecule has 1 unspecified atom stereocenters. The largest absolute Gasteiger partial charge is 0.396 e. The van der Waals surface area contributed by atoms with Crippen LogP contribution in [-0.2, 0) is 10.0 Å². The molecule has 16 heavy (non-hydrogen) atoms. The highest BCUT2D eigenvalue weighted by atomic mass is 79.9. The quantitative estimate of drug-likeness (QED) is 0.872. The maximum Gasteiger partial charge on any atom is 0.233 e. The Kier molecular flexibility index (Phi) is 4.76. The summed E-state index contributed by atoms with van der Waals surface area (Å²) in [7, 11) is -3.39. The van der Waals surface area contributed by atoms with Crippen molar-refractivity contribution in [3.05, 3.63) is 28.7 Å². The van der Waals surface area contributed by atoms with E-state index in [1.54, 1.807) is 25.1 Å². The minimum Gasteiger partial charge on any atom is -0.396 e. The molecule has 1 aromatic carbocycles. The van der Waals surface area contributed by atoms with Crippen LogP contribution in [0.2, 0.25) is 0 Å². The molecule has 0 saturated heterocycles. The molecular formula is C10H14BrNO3S. The van der Waals surface area contributed by atoms with Gasteiger partial charge in [-0.2, -0.15) is 0 Å². The molecular weight excluding hydrogens is 294 g/mol. The monoisotopic (exact) mass is 307 g/mol. The molecule has 1 rings (SSSR count). The van der Waals surface area contributed by atoms with Gasteiger partial charge in [-0.25, -0.2) is 8.42 Å². The summed E-state index contributed by atoms with van der Waals surface area (Å²) in [6.45, 7) is 1.54. The maximum atomic E-state index is 11.6. The molecule has 0 aliphatic rings. The van der Waals surface area contributed by atoms with Crippen LogP contribution in [0.4, 0.5) is 5.69 Å². The minimum atomic E-state index is -3.39. The number of hydrogen-bond donors (Lipinski definition) is 2. The molecule has 0 amide bonds. The van der Waals surface area contributed by atoms with Crippen LogP contribution in [0.3, 0.4) is 0 Å². The Hall–Kier alpha value is -0.590. The number of rotatable bonds is 5. The summed E-state index contributed by atoms with van der Waals surface area (Å²) in [5.74, 6) is -0.361. The van der Waals surface area contributed by atoms with Gasteiger partial charge in [0.05, 0.1) is 5.75 Å². The fourth-order valence-electron chi connectivity index (χ4n) is 1.20. The van der Waals surface area contributed by atoms with E-state index in [1.165, 1.54) is 0 Å². The van der Waals surface area contributed by atoms with Crippen molar-refractivity contribution in [3.63, 3.8) is 0 Å². The smallest absolute Gasteiger partial charge is 0.233 e. The van der Waals surface area contributed by atoms with Crippen LogP contribution in [-0.4, -0.2) is 25.9 Å². The van der Waals surface area contributed by atoms with Crippen LogP contribution in [0.25, 0.3) is 0 Å². The summed E-state index contributed by atoms with van der Waals surface area (Å²) in [5, 5.41) is 8.81. The minimum absolute atomic E-state index is 0.0873. The predicted octanol–water partition coefficient (Wildman–Crippen LogP) is 1.82. The number of halogens is 1. The summed E-state index contributed by atoms with van der Waals surface area (Å²) < 4.78 is 26.5. The van der Waals surface area contributed by atoms with E-state index in [1.807, 2.05) is 6.07 Å². The Morgan fingerprint density at radius 3 is 2.75 bits per heavy atom. The SMILES string of the molecule is CC(CO)CS(=O)(=O)Nc1cccc(Br)c1. The third-order valence-corrected chi connectivity index (χ3v) is 3.96. The Morgan fingerprint density at radius 2 is 2.19 bits per heavy atom. The van der Waals surface area contributed by atoms with E-state index < -0.39 is 10.0 Å².